The Morgan fingerprint density at radius 3 is 2.62 bits per heavy atom. The van der Waals surface area contributed by atoms with E-state index in [0.29, 0.717) is 29.1 Å². The number of thiophene rings is 1. The molecule has 2 aromatic rings. The summed E-state index contributed by atoms with van der Waals surface area (Å²) in [5.74, 6) is 0.746. The molecule has 0 radical (unpaired) electrons. The Hall–Kier alpha value is -1.29. The van der Waals surface area contributed by atoms with E-state index in [2.05, 4.69) is 31.0 Å². The quantitative estimate of drug-likeness (QED) is 0.824. The molecule has 0 bridgehead atoms. The normalized spacial score (nSPS) is 20.4. The predicted molar refractivity (Wildman–Crippen MR) is 89.5 cm³/mol. The minimum atomic E-state index is -3.55. The number of morpholine rings is 1. The van der Waals surface area contributed by atoms with E-state index in [1.165, 1.54) is 15.6 Å². The number of nitrogens with zero attached hydrogens (tertiary/aromatic N) is 3. The molecule has 3 heterocycles. The summed E-state index contributed by atoms with van der Waals surface area (Å²) in [5, 5.41) is 7.71. The number of aryl methyl sites for hydroxylation is 1. The van der Waals surface area contributed by atoms with Crippen LogP contribution in [0.5, 0.6) is 0 Å². The average molecular weight is 371 g/mol. The highest BCUT2D eigenvalue weighted by Crippen LogP contribution is 2.34. The lowest BCUT2D eigenvalue weighted by Gasteiger charge is -2.30. The lowest BCUT2D eigenvalue weighted by Crippen LogP contribution is -2.42. The van der Waals surface area contributed by atoms with Crippen molar-refractivity contribution in [2.24, 2.45) is 0 Å². The van der Waals surface area contributed by atoms with Gasteiger partial charge in [0.15, 0.2) is 0 Å². The SMILES string of the molecule is Cc1nnc([C@@H]2CN(S(=O)(=O)c3ccc(C(C)(C)C)s3)CCO2)o1. The van der Waals surface area contributed by atoms with Crippen molar-refractivity contribution in [3.05, 3.63) is 28.8 Å². The van der Waals surface area contributed by atoms with Crippen LogP contribution in [0.15, 0.2) is 20.8 Å². The summed E-state index contributed by atoms with van der Waals surface area (Å²) < 4.78 is 38.6. The Morgan fingerprint density at radius 2 is 2.04 bits per heavy atom. The van der Waals surface area contributed by atoms with Gasteiger partial charge in [-0.1, -0.05) is 20.8 Å². The van der Waals surface area contributed by atoms with Crippen molar-refractivity contribution in [1.29, 1.82) is 0 Å². The summed E-state index contributed by atoms with van der Waals surface area (Å²) in [5.41, 5.74) is -0.0761. The van der Waals surface area contributed by atoms with E-state index in [-0.39, 0.29) is 12.0 Å². The van der Waals surface area contributed by atoms with Crippen molar-refractivity contribution in [1.82, 2.24) is 14.5 Å². The molecule has 7 nitrogen and oxygen atoms in total. The van der Waals surface area contributed by atoms with Crippen molar-refractivity contribution in [3.63, 3.8) is 0 Å². The van der Waals surface area contributed by atoms with Crippen LogP contribution in [0.4, 0.5) is 0 Å². The summed E-state index contributed by atoms with van der Waals surface area (Å²) >= 11 is 1.32. The van der Waals surface area contributed by atoms with Gasteiger partial charge in [-0.15, -0.1) is 21.5 Å². The Morgan fingerprint density at radius 1 is 1.29 bits per heavy atom. The minimum absolute atomic E-state index is 0.0761. The highest BCUT2D eigenvalue weighted by Gasteiger charge is 2.35. The zero-order chi connectivity index (χ0) is 17.5. The van der Waals surface area contributed by atoms with E-state index < -0.39 is 16.1 Å². The van der Waals surface area contributed by atoms with E-state index in [1.807, 2.05) is 6.07 Å². The van der Waals surface area contributed by atoms with Crippen molar-refractivity contribution in [2.75, 3.05) is 19.7 Å². The zero-order valence-corrected chi connectivity index (χ0v) is 15.8. The van der Waals surface area contributed by atoms with E-state index in [4.69, 9.17) is 9.15 Å². The summed E-state index contributed by atoms with van der Waals surface area (Å²) in [6.07, 6.45) is -0.531. The van der Waals surface area contributed by atoms with Gasteiger partial charge in [-0.05, 0) is 17.5 Å². The Balaban J connectivity index is 1.83. The molecule has 1 atom stereocenters. The number of rotatable bonds is 3. The van der Waals surface area contributed by atoms with E-state index in [1.54, 1.807) is 13.0 Å². The smallest absolute Gasteiger partial charge is 0.252 e. The third kappa shape index (κ3) is 3.39. The topological polar surface area (TPSA) is 85.5 Å². The summed E-state index contributed by atoms with van der Waals surface area (Å²) in [6.45, 7) is 8.67. The Bertz CT molecular complexity index is 820. The number of hydrogen-bond acceptors (Lipinski definition) is 7. The number of aromatic nitrogens is 2. The standard InChI is InChI=1S/C15H21N3O4S2/c1-10-16-17-14(22-10)11-9-18(7-8-21-11)24(19,20)13-6-5-12(23-13)15(2,3)4/h5-6,11H,7-9H2,1-4H3/t11-/m0/s1. The first-order chi connectivity index (χ1) is 11.2. The second kappa shape index (κ2) is 6.21. The molecule has 1 saturated heterocycles. The van der Waals surface area contributed by atoms with Crippen molar-refractivity contribution < 1.29 is 17.6 Å². The van der Waals surface area contributed by atoms with Crippen LogP contribution < -0.4 is 0 Å². The molecule has 1 aliphatic rings. The third-order valence-electron chi connectivity index (χ3n) is 3.76. The highest BCUT2D eigenvalue weighted by atomic mass is 32.2. The van der Waals surface area contributed by atoms with Gasteiger partial charge in [0.25, 0.3) is 10.0 Å². The first kappa shape index (κ1) is 17.5. The molecular weight excluding hydrogens is 350 g/mol. The number of ether oxygens (including phenoxy) is 1. The predicted octanol–water partition coefficient (Wildman–Crippen LogP) is 2.50. The summed E-state index contributed by atoms with van der Waals surface area (Å²) in [6, 6.07) is 3.57. The molecule has 0 spiro atoms. The molecule has 132 valence electrons. The van der Waals surface area contributed by atoms with Gasteiger partial charge in [-0.2, -0.15) is 4.31 Å². The van der Waals surface area contributed by atoms with Gasteiger partial charge in [0.1, 0.15) is 10.3 Å². The van der Waals surface area contributed by atoms with Crippen molar-refractivity contribution >= 4 is 21.4 Å². The maximum atomic E-state index is 12.9. The van der Waals surface area contributed by atoms with Crippen LogP contribution >= 0.6 is 11.3 Å². The molecule has 9 heteroatoms. The Labute approximate surface area is 145 Å². The zero-order valence-electron chi connectivity index (χ0n) is 14.1. The monoisotopic (exact) mass is 371 g/mol. The molecular formula is C15H21N3O4S2. The number of sulfonamides is 1. The van der Waals surface area contributed by atoms with Crippen LogP contribution in [0, 0.1) is 6.92 Å². The van der Waals surface area contributed by atoms with Gasteiger partial charge in [0.05, 0.1) is 6.61 Å². The molecule has 0 amide bonds. The third-order valence-corrected chi connectivity index (χ3v) is 7.60. The second-order valence-electron chi connectivity index (χ2n) is 6.75. The highest BCUT2D eigenvalue weighted by molar-refractivity contribution is 7.91. The first-order valence-corrected chi connectivity index (χ1v) is 9.95. The molecule has 2 aromatic heterocycles. The summed E-state index contributed by atoms with van der Waals surface area (Å²) in [7, 11) is -3.55. The van der Waals surface area contributed by atoms with Gasteiger partial charge < -0.3 is 9.15 Å². The van der Waals surface area contributed by atoms with E-state index in [9.17, 15) is 8.42 Å². The van der Waals surface area contributed by atoms with Crippen LogP contribution in [-0.2, 0) is 20.2 Å². The lowest BCUT2D eigenvalue weighted by molar-refractivity contribution is -0.0176. The molecule has 0 aliphatic carbocycles. The lowest BCUT2D eigenvalue weighted by atomic mass is 9.95. The molecule has 0 N–H and O–H groups in total. The molecule has 3 rings (SSSR count). The van der Waals surface area contributed by atoms with Gasteiger partial charge in [0.2, 0.25) is 11.8 Å². The average Bonchev–Trinajstić information content (AvgIpc) is 3.16. The van der Waals surface area contributed by atoms with Crippen molar-refractivity contribution in [2.45, 2.75) is 43.4 Å². The van der Waals surface area contributed by atoms with Gasteiger partial charge in [0, 0.05) is 24.9 Å². The van der Waals surface area contributed by atoms with Crippen LogP contribution in [0.2, 0.25) is 0 Å². The molecule has 0 saturated carbocycles. The maximum Gasteiger partial charge on any atom is 0.252 e. The molecule has 0 aromatic carbocycles. The fraction of sp³-hybridized carbons (Fsp3) is 0.600. The maximum absolute atomic E-state index is 12.9. The van der Waals surface area contributed by atoms with E-state index in [0.717, 1.165) is 4.88 Å². The second-order valence-corrected chi connectivity index (χ2v) is 10.00. The fourth-order valence-corrected chi connectivity index (χ4v) is 5.37. The van der Waals surface area contributed by atoms with Gasteiger partial charge >= 0.3 is 0 Å². The fourth-order valence-electron chi connectivity index (χ4n) is 2.42. The minimum Gasteiger partial charge on any atom is -0.423 e. The number of hydrogen-bond donors (Lipinski definition) is 0. The molecule has 1 aliphatic heterocycles. The molecule has 1 fully saturated rings. The molecule has 0 unspecified atom stereocenters. The molecule has 24 heavy (non-hydrogen) atoms. The van der Waals surface area contributed by atoms with E-state index >= 15 is 0 Å². The summed E-state index contributed by atoms with van der Waals surface area (Å²) in [4.78, 5) is 1.04. The van der Waals surface area contributed by atoms with Crippen LogP contribution in [0.25, 0.3) is 0 Å². The van der Waals surface area contributed by atoms with Crippen LogP contribution in [0.1, 0.15) is 43.5 Å². The Kier molecular flexibility index (Phi) is 4.54. The van der Waals surface area contributed by atoms with Crippen LogP contribution in [0.3, 0.4) is 0 Å². The van der Waals surface area contributed by atoms with Crippen LogP contribution in [-0.4, -0.2) is 42.6 Å². The largest absolute Gasteiger partial charge is 0.423 e. The van der Waals surface area contributed by atoms with Crippen molar-refractivity contribution in [3.8, 4) is 0 Å². The van der Waals surface area contributed by atoms with Gasteiger partial charge in [-0.25, -0.2) is 8.42 Å². The van der Waals surface area contributed by atoms with Gasteiger partial charge in [-0.3, -0.25) is 0 Å². The first-order valence-electron chi connectivity index (χ1n) is 7.70.